The van der Waals surface area contributed by atoms with E-state index in [2.05, 4.69) is 81.3 Å². The minimum atomic E-state index is 0.0350. The summed E-state index contributed by atoms with van der Waals surface area (Å²) in [6.45, 7) is 11.0. The van der Waals surface area contributed by atoms with Crippen molar-refractivity contribution in [3.63, 3.8) is 0 Å². The zero-order valence-electron chi connectivity index (χ0n) is 17.5. The van der Waals surface area contributed by atoms with Gasteiger partial charge in [0.05, 0.1) is 6.26 Å². The van der Waals surface area contributed by atoms with Gasteiger partial charge < -0.3 is 9.73 Å². The van der Waals surface area contributed by atoms with Gasteiger partial charge in [0.15, 0.2) is 6.20 Å². The summed E-state index contributed by atoms with van der Waals surface area (Å²) in [5.74, 6) is 0.654. The van der Waals surface area contributed by atoms with E-state index in [1.54, 1.807) is 12.5 Å². The highest BCUT2D eigenvalue weighted by Crippen LogP contribution is 2.36. The Kier molecular flexibility index (Phi) is 4.14. The molecule has 0 fully saturated rings. The third-order valence-corrected chi connectivity index (χ3v) is 5.68. The molecule has 5 rings (SSSR count). The van der Waals surface area contributed by atoms with E-state index in [4.69, 9.17) is 4.42 Å². The number of hydrogen-bond donors (Lipinski definition) is 0. The predicted molar refractivity (Wildman–Crippen MR) is 122 cm³/mol. The fourth-order valence-electron chi connectivity index (χ4n) is 4.15. The molecule has 0 saturated heterocycles. The van der Waals surface area contributed by atoms with Crippen LogP contribution in [0, 0.1) is 6.72 Å². The van der Waals surface area contributed by atoms with Crippen LogP contribution in [0.1, 0.15) is 31.9 Å². The summed E-state index contributed by atoms with van der Waals surface area (Å²) >= 11 is 0. The molecule has 1 aliphatic heterocycles. The Morgan fingerprint density at radius 3 is 2.67 bits per heavy atom. The molecule has 2 aromatic heterocycles. The molecule has 148 valence electrons. The largest absolute Gasteiger partial charge is 0.633 e. The molecule has 0 N–H and O–H groups in total. The Morgan fingerprint density at radius 2 is 1.83 bits per heavy atom. The van der Waals surface area contributed by atoms with Crippen molar-refractivity contribution >= 4 is 22.2 Å². The third-order valence-electron chi connectivity index (χ3n) is 5.68. The van der Waals surface area contributed by atoms with Gasteiger partial charge >= 0.3 is 0 Å². The summed E-state index contributed by atoms with van der Waals surface area (Å²) < 4.78 is 7.43. The predicted octanol–water partition coefficient (Wildman–Crippen LogP) is 6.06. The van der Waals surface area contributed by atoms with Crippen LogP contribution in [0.5, 0.6) is 0 Å². The van der Waals surface area contributed by atoms with Crippen LogP contribution in [0.4, 0.5) is 5.88 Å². The highest BCUT2D eigenvalue weighted by Gasteiger charge is 2.20. The van der Waals surface area contributed by atoms with E-state index in [-0.39, 0.29) is 5.41 Å². The van der Waals surface area contributed by atoms with Gasteiger partial charge in [-0.15, -0.1) is 0 Å². The van der Waals surface area contributed by atoms with Crippen LogP contribution in [0.15, 0.2) is 83.8 Å². The molecule has 30 heavy (non-hydrogen) atoms. The minimum Gasteiger partial charge on any atom is -0.633 e. The van der Waals surface area contributed by atoms with E-state index in [0.717, 1.165) is 27.6 Å². The molecule has 0 spiro atoms. The molecule has 0 amide bonds. The molecular formula is C27H24N2O. The molecule has 2 aromatic carbocycles. The van der Waals surface area contributed by atoms with E-state index in [1.165, 1.54) is 16.3 Å². The Balaban J connectivity index is 1.79. The second-order valence-electron chi connectivity index (χ2n) is 8.76. The standard InChI is InChI=1S/C27H24N2O/c1-27(2,3)24-16-20(15-18-7-5-6-8-22(18)24)25-17-19(10-13-29(25)4)21-9-12-28-26-23(21)11-14-30-26/h5-17H,4H2,1-3H3. The summed E-state index contributed by atoms with van der Waals surface area (Å²) in [4.78, 5) is 0. The second-order valence-corrected chi connectivity index (χ2v) is 8.76. The fourth-order valence-corrected chi connectivity index (χ4v) is 4.15. The zero-order valence-corrected chi connectivity index (χ0v) is 17.5. The molecule has 3 nitrogen and oxygen atoms in total. The lowest BCUT2D eigenvalue weighted by molar-refractivity contribution is -0.486. The first-order valence-corrected chi connectivity index (χ1v) is 10.1. The number of benzene rings is 2. The van der Waals surface area contributed by atoms with Crippen molar-refractivity contribution in [2.24, 2.45) is 0 Å². The highest BCUT2D eigenvalue weighted by molar-refractivity contribution is 5.91. The lowest BCUT2D eigenvalue weighted by Crippen LogP contribution is -2.22. The maximum Gasteiger partial charge on any atom is 0.217 e. The topological polar surface area (TPSA) is 33.1 Å². The van der Waals surface area contributed by atoms with Crippen molar-refractivity contribution in [2.75, 3.05) is 0 Å². The number of pyridine rings is 1. The van der Waals surface area contributed by atoms with Gasteiger partial charge in [0.2, 0.25) is 5.69 Å². The van der Waals surface area contributed by atoms with Gasteiger partial charge in [0.25, 0.3) is 0 Å². The Hall–Kier alpha value is -3.59. The van der Waals surface area contributed by atoms with Crippen molar-refractivity contribution in [1.82, 2.24) is 0 Å². The Bertz CT molecular complexity index is 1420. The number of allylic oxidation sites excluding steroid dienone is 1. The first-order chi connectivity index (χ1) is 14.4. The summed E-state index contributed by atoms with van der Waals surface area (Å²) in [5.41, 5.74) is 5.71. The second kappa shape index (κ2) is 6.74. The van der Waals surface area contributed by atoms with Gasteiger partial charge in [0.1, 0.15) is 6.72 Å². The molecule has 0 radical (unpaired) electrons. The molecule has 0 unspecified atom stereocenters. The van der Waals surface area contributed by atoms with Crippen LogP contribution in [0.3, 0.4) is 0 Å². The molecule has 0 saturated carbocycles. The lowest BCUT2D eigenvalue weighted by atomic mass is 9.82. The lowest BCUT2D eigenvalue weighted by Gasteiger charge is -2.22. The summed E-state index contributed by atoms with van der Waals surface area (Å²) in [7, 11) is 0. The molecule has 3 heterocycles. The van der Waals surface area contributed by atoms with E-state index >= 15 is 0 Å². The SMILES string of the molecule is C=[n+]1ccc(=C2C=C[N-]c3occc32)cc1-c1cc(C(C)(C)C)c2ccccc2c1. The smallest absolute Gasteiger partial charge is 0.217 e. The van der Waals surface area contributed by atoms with Crippen molar-refractivity contribution in [3.05, 3.63) is 108 Å². The van der Waals surface area contributed by atoms with Gasteiger partial charge in [-0.05, 0) is 50.7 Å². The minimum absolute atomic E-state index is 0.0350. The van der Waals surface area contributed by atoms with Crippen molar-refractivity contribution in [1.29, 1.82) is 0 Å². The van der Waals surface area contributed by atoms with Gasteiger partial charge in [-0.3, -0.25) is 0 Å². The Labute approximate surface area is 176 Å². The first-order valence-electron chi connectivity index (χ1n) is 10.1. The van der Waals surface area contributed by atoms with Crippen molar-refractivity contribution in [2.45, 2.75) is 26.2 Å². The van der Waals surface area contributed by atoms with Crippen LogP contribution in [0.2, 0.25) is 0 Å². The molecule has 3 heteroatoms. The number of hydrogen-bond acceptors (Lipinski definition) is 1. The van der Waals surface area contributed by atoms with Crippen LogP contribution >= 0.6 is 0 Å². The van der Waals surface area contributed by atoms with Gasteiger partial charge in [-0.1, -0.05) is 51.1 Å². The van der Waals surface area contributed by atoms with Crippen molar-refractivity contribution < 1.29 is 8.66 Å². The first kappa shape index (κ1) is 18.4. The van der Waals surface area contributed by atoms with Gasteiger partial charge in [0, 0.05) is 29.1 Å². The van der Waals surface area contributed by atoms with Crippen LogP contribution in [0.25, 0.3) is 32.9 Å². The van der Waals surface area contributed by atoms with Crippen molar-refractivity contribution in [3.8, 4) is 11.3 Å². The summed E-state index contributed by atoms with van der Waals surface area (Å²) in [6, 6.07) is 19.4. The van der Waals surface area contributed by atoms with Gasteiger partial charge in [-0.2, -0.15) is 10.4 Å². The maximum absolute atomic E-state index is 5.49. The number of furan rings is 1. The normalized spacial score (nSPS) is 15.2. The number of fused-ring (bicyclic) bond motifs is 2. The zero-order chi connectivity index (χ0) is 20.9. The highest BCUT2D eigenvalue weighted by atomic mass is 16.3. The summed E-state index contributed by atoms with van der Waals surface area (Å²) in [5, 5.41) is 7.97. The van der Waals surface area contributed by atoms with E-state index in [9.17, 15) is 0 Å². The molecule has 1 aliphatic rings. The van der Waals surface area contributed by atoms with Crippen LogP contribution in [-0.4, -0.2) is 0 Å². The molecule has 0 aliphatic carbocycles. The van der Waals surface area contributed by atoms with E-state index in [1.807, 2.05) is 22.6 Å². The Morgan fingerprint density at radius 1 is 1.00 bits per heavy atom. The van der Waals surface area contributed by atoms with E-state index in [0.29, 0.717) is 5.88 Å². The van der Waals surface area contributed by atoms with Crippen LogP contribution < -0.4 is 9.46 Å². The molecule has 0 bridgehead atoms. The average molecular weight is 393 g/mol. The monoisotopic (exact) mass is 392 g/mol. The quantitative estimate of drug-likeness (QED) is 0.363. The molecular weight excluding hydrogens is 368 g/mol. The average Bonchev–Trinajstić information content (AvgIpc) is 3.22. The molecule has 4 aromatic rings. The third kappa shape index (κ3) is 3.03. The van der Waals surface area contributed by atoms with Crippen LogP contribution in [-0.2, 0) is 5.41 Å². The number of aromatic nitrogens is 1. The maximum atomic E-state index is 5.49. The fraction of sp³-hybridized carbons (Fsp3) is 0.148. The number of rotatable bonds is 1. The van der Waals surface area contributed by atoms with E-state index < -0.39 is 0 Å². The summed E-state index contributed by atoms with van der Waals surface area (Å²) in [6.07, 6.45) is 7.53. The number of nitrogens with zero attached hydrogens (tertiary/aromatic N) is 2. The molecule has 0 atom stereocenters. The van der Waals surface area contributed by atoms with Gasteiger partial charge in [-0.25, -0.2) is 0 Å².